The van der Waals surface area contributed by atoms with Crippen LogP contribution in [0.3, 0.4) is 0 Å². The van der Waals surface area contributed by atoms with Crippen molar-refractivity contribution in [2.75, 3.05) is 13.7 Å². The molecule has 2 aromatic carbocycles. The highest BCUT2D eigenvalue weighted by atomic mass is 35.5. The first kappa shape index (κ1) is 17.8. The number of methoxy groups -OCH3 is 1. The topological polar surface area (TPSA) is 59.9 Å². The molecule has 24 heavy (non-hydrogen) atoms. The number of carbonyl (C=O) groups excluding carboxylic acids is 1. The molecule has 0 saturated heterocycles. The molecule has 0 spiro atoms. The predicted molar refractivity (Wildman–Crippen MR) is 95.2 cm³/mol. The molecule has 1 N–H and O–H groups in total. The number of para-hydroxylation sites is 1. The summed E-state index contributed by atoms with van der Waals surface area (Å²) >= 11 is 5.94. The average Bonchev–Trinajstić information content (AvgIpc) is 2.54. The van der Waals surface area contributed by atoms with Crippen LogP contribution in [0.15, 0.2) is 41.5 Å². The molecular formula is C18H19ClN2O3. The Kier molecular flexibility index (Phi) is 6.21. The van der Waals surface area contributed by atoms with E-state index >= 15 is 0 Å². The van der Waals surface area contributed by atoms with Crippen molar-refractivity contribution >= 4 is 23.7 Å². The van der Waals surface area contributed by atoms with Crippen LogP contribution in [-0.4, -0.2) is 25.8 Å². The Bertz CT molecular complexity index is 740. The summed E-state index contributed by atoms with van der Waals surface area (Å²) in [5, 5.41) is 4.46. The lowest BCUT2D eigenvalue weighted by Gasteiger charge is -2.10. The van der Waals surface area contributed by atoms with Gasteiger partial charge in [-0.3, -0.25) is 4.79 Å². The number of nitrogens with zero attached hydrogens (tertiary/aromatic N) is 1. The van der Waals surface area contributed by atoms with Crippen molar-refractivity contribution in [3.05, 3.63) is 58.1 Å². The molecule has 0 heterocycles. The van der Waals surface area contributed by atoms with Crippen LogP contribution < -0.4 is 14.9 Å². The third-order valence-electron chi connectivity index (χ3n) is 3.34. The number of carbonyl (C=O) groups is 1. The summed E-state index contributed by atoms with van der Waals surface area (Å²) in [6, 6.07) is 11.0. The van der Waals surface area contributed by atoms with Gasteiger partial charge in [0.25, 0.3) is 5.91 Å². The lowest BCUT2D eigenvalue weighted by atomic mass is 10.1. The Morgan fingerprint density at radius 3 is 2.62 bits per heavy atom. The van der Waals surface area contributed by atoms with E-state index in [1.165, 1.54) is 6.21 Å². The van der Waals surface area contributed by atoms with E-state index in [-0.39, 0.29) is 12.5 Å². The molecule has 0 radical (unpaired) electrons. The van der Waals surface area contributed by atoms with Gasteiger partial charge in [-0.05, 0) is 43.2 Å². The second kappa shape index (κ2) is 8.36. The molecule has 0 aliphatic heterocycles. The maximum atomic E-state index is 11.8. The second-order valence-corrected chi connectivity index (χ2v) is 5.63. The minimum atomic E-state index is -0.352. The van der Waals surface area contributed by atoms with E-state index in [0.717, 1.165) is 11.1 Å². The fourth-order valence-corrected chi connectivity index (χ4v) is 2.36. The van der Waals surface area contributed by atoms with Gasteiger partial charge in [0.2, 0.25) is 0 Å². The summed E-state index contributed by atoms with van der Waals surface area (Å²) in [6.45, 7) is 3.75. The number of ether oxygens (including phenoxy) is 2. The molecule has 2 rings (SSSR count). The molecule has 0 atom stereocenters. The van der Waals surface area contributed by atoms with E-state index < -0.39 is 0 Å². The molecule has 0 bridgehead atoms. The first-order valence-corrected chi connectivity index (χ1v) is 7.73. The number of benzene rings is 2. The standard InChI is InChI=1S/C18H19ClN2O3/c1-12-5-4-6-13(2)18(12)24-11-17(22)21-20-10-14-9-15(19)7-8-16(14)23-3/h4-10H,11H2,1-3H3,(H,21,22)/b20-10+. The summed E-state index contributed by atoms with van der Waals surface area (Å²) in [5.41, 5.74) is 5.05. The normalized spacial score (nSPS) is 10.7. The number of hydrazone groups is 1. The fourth-order valence-electron chi connectivity index (χ4n) is 2.18. The van der Waals surface area contributed by atoms with Crippen LogP contribution in [0.4, 0.5) is 0 Å². The highest BCUT2D eigenvalue weighted by Gasteiger charge is 2.07. The van der Waals surface area contributed by atoms with Gasteiger partial charge in [0, 0.05) is 10.6 Å². The number of rotatable bonds is 6. The van der Waals surface area contributed by atoms with E-state index in [1.807, 2.05) is 32.0 Å². The largest absolute Gasteiger partial charge is 0.496 e. The third-order valence-corrected chi connectivity index (χ3v) is 3.58. The number of aryl methyl sites for hydroxylation is 2. The minimum absolute atomic E-state index is 0.115. The number of nitrogens with one attached hydrogen (secondary N) is 1. The average molecular weight is 347 g/mol. The lowest BCUT2D eigenvalue weighted by Crippen LogP contribution is -2.25. The minimum Gasteiger partial charge on any atom is -0.496 e. The van der Waals surface area contributed by atoms with Crippen molar-refractivity contribution in [2.45, 2.75) is 13.8 Å². The number of amides is 1. The molecule has 0 aromatic heterocycles. The van der Waals surface area contributed by atoms with Crippen LogP contribution in [0, 0.1) is 13.8 Å². The highest BCUT2D eigenvalue weighted by molar-refractivity contribution is 6.30. The number of hydrogen-bond donors (Lipinski definition) is 1. The van der Waals surface area contributed by atoms with Gasteiger partial charge in [-0.2, -0.15) is 5.10 Å². The SMILES string of the molecule is COc1ccc(Cl)cc1/C=N/NC(=O)COc1c(C)cccc1C. The zero-order chi connectivity index (χ0) is 17.5. The molecule has 0 saturated carbocycles. The number of halogens is 1. The second-order valence-electron chi connectivity index (χ2n) is 5.19. The Hall–Kier alpha value is -2.53. The summed E-state index contributed by atoms with van der Waals surface area (Å²) in [4.78, 5) is 11.8. The van der Waals surface area contributed by atoms with Crippen molar-refractivity contribution in [3.63, 3.8) is 0 Å². The highest BCUT2D eigenvalue weighted by Crippen LogP contribution is 2.22. The van der Waals surface area contributed by atoms with Gasteiger partial charge >= 0.3 is 0 Å². The van der Waals surface area contributed by atoms with E-state index in [0.29, 0.717) is 22.1 Å². The molecule has 126 valence electrons. The van der Waals surface area contributed by atoms with Gasteiger partial charge in [0.15, 0.2) is 6.61 Å². The van der Waals surface area contributed by atoms with Gasteiger partial charge in [0.05, 0.1) is 13.3 Å². The van der Waals surface area contributed by atoms with Crippen LogP contribution in [0.25, 0.3) is 0 Å². The molecule has 0 aliphatic carbocycles. The maximum Gasteiger partial charge on any atom is 0.277 e. The summed E-state index contributed by atoms with van der Waals surface area (Å²) < 4.78 is 10.8. The molecule has 0 aliphatic rings. The van der Waals surface area contributed by atoms with Gasteiger partial charge < -0.3 is 9.47 Å². The van der Waals surface area contributed by atoms with Gasteiger partial charge in [-0.15, -0.1) is 0 Å². The van der Waals surface area contributed by atoms with Gasteiger partial charge in [-0.25, -0.2) is 5.43 Å². The zero-order valence-electron chi connectivity index (χ0n) is 13.8. The molecular weight excluding hydrogens is 328 g/mol. The Morgan fingerprint density at radius 2 is 1.96 bits per heavy atom. The van der Waals surface area contributed by atoms with Gasteiger partial charge in [0.1, 0.15) is 11.5 Å². The summed E-state index contributed by atoms with van der Waals surface area (Å²) in [6.07, 6.45) is 1.47. The molecule has 0 fully saturated rings. The monoisotopic (exact) mass is 346 g/mol. The van der Waals surface area contributed by atoms with E-state index in [4.69, 9.17) is 21.1 Å². The first-order chi connectivity index (χ1) is 11.5. The van der Waals surface area contributed by atoms with Crippen molar-refractivity contribution in [1.29, 1.82) is 0 Å². The Balaban J connectivity index is 1.93. The third kappa shape index (κ3) is 4.73. The van der Waals surface area contributed by atoms with Crippen LogP contribution in [-0.2, 0) is 4.79 Å². The Morgan fingerprint density at radius 1 is 1.25 bits per heavy atom. The van der Waals surface area contributed by atoms with Crippen LogP contribution in [0.5, 0.6) is 11.5 Å². The fraction of sp³-hybridized carbons (Fsp3) is 0.222. The van der Waals surface area contributed by atoms with Crippen molar-refractivity contribution in [2.24, 2.45) is 5.10 Å². The molecule has 2 aromatic rings. The molecule has 6 heteroatoms. The lowest BCUT2D eigenvalue weighted by molar-refractivity contribution is -0.123. The molecule has 0 unspecified atom stereocenters. The van der Waals surface area contributed by atoms with Crippen LogP contribution in [0.2, 0.25) is 5.02 Å². The maximum absolute atomic E-state index is 11.8. The quantitative estimate of drug-likeness (QED) is 0.643. The first-order valence-electron chi connectivity index (χ1n) is 7.35. The van der Waals surface area contributed by atoms with Crippen molar-refractivity contribution in [1.82, 2.24) is 5.43 Å². The summed E-state index contributed by atoms with van der Waals surface area (Å²) in [7, 11) is 1.55. The van der Waals surface area contributed by atoms with E-state index in [9.17, 15) is 4.79 Å². The smallest absolute Gasteiger partial charge is 0.277 e. The van der Waals surface area contributed by atoms with Crippen molar-refractivity contribution < 1.29 is 14.3 Å². The van der Waals surface area contributed by atoms with Crippen molar-refractivity contribution in [3.8, 4) is 11.5 Å². The number of hydrogen-bond acceptors (Lipinski definition) is 4. The van der Waals surface area contributed by atoms with E-state index in [1.54, 1.807) is 25.3 Å². The van der Waals surface area contributed by atoms with Crippen LogP contribution >= 0.6 is 11.6 Å². The Labute approximate surface area is 146 Å². The van der Waals surface area contributed by atoms with E-state index in [2.05, 4.69) is 10.5 Å². The summed E-state index contributed by atoms with van der Waals surface area (Å²) in [5.74, 6) is 0.979. The molecule has 1 amide bonds. The molecule has 5 nitrogen and oxygen atoms in total. The van der Waals surface area contributed by atoms with Crippen LogP contribution in [0.1, 0.15) is 16.7 Å². The predicted octanol–water partition coefficient (Wildman–Crippen LogP) is 3.49. The van der Waals surface area contributed by atoms with Gasteiger partial charge in [-0.1, -0.05) is 29.8 Å². The zero-order valence-corrected chi connectivity index (χ0v) is 14.6.